The maximum Gasteiger partial charge on any atom is 0.306 e. The lowest BCUT2D eigenvalue weighted by molar-refractivity contribution is -0.142. The van der Waals surface area contributed by atoms with Crippen molar-refractivity contribution in [3.63, 3.8) is 0 Å². The first kappa shape index (κ1) is 13.2. The standard InChI is InChI=1S/C15H20N2O3/c16-12-7-11-1-2-13(8-14(11)20-9-12)17-5-3-10(4-6-17)15(18)19/h1-2,8,10,12H,3-7,9,16H2,(H,18,19)/t12-/m1/s1. The third-order valence-electron chi connectivity index (χ3n) is 4.20. The molecule has 2 aliphatic heterocycles. The second-order valence-corrected chi connectivity index (χ2v) is 5.67. The van der Waals surface area contributed by atoms with Crippen molar-refractivity contribution in [2.24, 2.45) is 11.7 Å². The second-order valence-electron chi connectivity index (χ2n) is 5.67. The van der Waals surface area contributed by atoms with Gasteiger partial charge >= 0.3 is 5.97 Å². The third kappa shape index (κ3) is 2.58. The Hall–Kier alpha value is -1.75. The number of carbonyl (C=O) groups is 1. The van der Waals surface area contributed by atoms with Crippen LogP contribution < -0.4 is 15.4 Å². The van der Waals surface area contributed by atoms with Crippen molar-refractivity contribution in [2.75, 3.05) is 24.6 Å². The van der Waals surface area contributed by atoms with E-state index in [-0.39, 0.29) is 12.0 Å². The summed E-state index contributed by atoms with van der Waals surface area (Å²) in [6, 6.07) is 6.30. The first-order valence-electron chi connectivity index (χ1n) is 7.12. The van der Waals surface area contributed by atoms with Crippen LogP contribution in [-0.4, -0.2) is 36.8 Å². The Bertz CT molecular complexity index is 510. The van der Waals surface area contributed by atoms with Gasteiger partial charge in [-0.15, -0.1) is 0 Å². The van der Waals surface area contributed by atoms with Gasteiger partial charge in [0.2, 0.25) is 0 Å². The van der Waals surface area contributed by atoms with Gasteiger partial charge in [-0.1, -0.05) is 6.07 Å². The quantitative estimate of drug-likeness (QED) is 0.850. The summed E-state index contributed by atoms with van der Waals surface area (Å²) in [5.41, 5.74) is 8.16. The van der Waals surface area contributed by atoms with E-state index in [1.807, 2.05) is 0 Å². The van der Waals surface area contributed by atoms with Gasteiger partial charge in [0.25, 0.3) is 0 Å². The number of rotatable bonds is 2. The van der Waals surface area contributed by atoms with Crippen LogP contribution >= 0.6 is 0 Å². The zero-order valence-electron chi connectivity index (χ0n) is 11.4. The lowest BCUT2D eigenvalue weighted by atomic mass is 9.96. The molecule has 0 aliphatic carbocycles. The van der Waals surface area contributed by atoms with Crippen molar-refractivity contribution in [1.82, 2.24) is 0 Å². The van der Waals surface area contributed by atoms with E-state index in [0.717, 1.165) is 36.5 Å². The summed E-state index contributed by atoms with van der Waals surface area (Å²) in [6.45, 7) is 2.14. The number of carboxylic acids is 1. The molecule has 0 spiro atoms. The molecule has 1 saturated heterocycles. The fraction of sp³-hybridized carbons (Fsp3) is 0.533. The maximum atomic E-state index is 11.0. The highest BCUT2D eigenvalue weighted by Crippen LogP contribution is 2.31. The molecule has 1 fully saturated rings. The minimum Gasteiger partial charge on any atom is -0.492 e. The molecule has 1 aromatic rings. The summed E-state index contributed by atoms with van der Waals surface area (Å²) in [6.07, 6.45) is 2.27. The number of hydrogen-bond acceptors (Lipinski definition) is 4. The van der Waals surface area contributed by atoms with E-state index in [2.05, 4.69) is 23.1 Å². The van der Waals surface area contributed by atoms with E-state index < -0.39 is 5.97 Å². The molecule has 3 N–H and O–H groups in total. The Labute approximate surface area is 118 Å². The van der Waals surface area contributed by atoms with Crippen LogP contribution in [-0.2, 0) is 11.2 Å². The summed E-state index contributed by atoms with van der Waals surface area (Å²) < 4.78 is 5.68. The molecule has 1 aromatic carbocycles. The molecule has 0 saturated carbocycles. The Balaban J connectivity index is 1.71. The molecule has 0 bridgehead atoms. The lowest BCUT2D eigenvalue weighted by Crippen LogP contribution is -2.37. The smallest absolute Gasteiger partial charge is 0.306 e. The number of nitrogens with zero attached hydrogens (tertiary/aromatic N) is 1. The SMILES string of the molecule is N[C@H]1COc2cc(N3CCC(C(=O)O)CC3)ccc2C1. The highest BCUT2D eigenvalue weighted by molar-refractivity contribution is 5.70. The minimum absolute atomic E-state index is 0.0830. The summed E-state index contributed by atoms with van der Waals surface area (Å²) in [5.74, 6) is 0.0510. The van der Waals surface area contributed by atoms with Crippen molar-refractivity contribution >= 4 is 11.7 Å². The molecule has 1 atom stereocenters. The highest BCUT2D eigenvalue weighted by atomic mass is 16.5. The predicted molar refractivity (Wildman–Crippen MR) is 76.2 cm³/mol. The van der Waals surface area contributed by atoms with Crippen LogP contribution in [0.15, 0.2) is 18.2 Å². The Morgan fingerprint density at radius 2 is 2.10 bits per heavy atom. The van der Waals surface area contributed by atoms with Gasteiger partial charge in [0.15, 0.2) is 0 Å². The van der Waals surface area contributed by atoms with E-state index in [9.17, 15) is 4.79 Å². The van der Waals surface area contributed by atoms with Gasteiger partial charge in [-0.05, 0) is 30.9 Å². The number of nitrogens with two attached hydrogens (primary N) is 1. The molecule has 3 rings (SSSR count). The molecule has 0 aromatic heterocycles. The normalized spacial score (nSPS) is 23.1. The van der Waals surface area contributed by atoms with Crippen LogP contribution in [0.5, 0.6) is 5.75 Å². The van der Waals surface area contributed by atoms with Crippen LogP contribution in [0.3, 0.4) is 0 Å². The summed E-state index contributed by atoms with van der Waals surface area (Å²) in [7, 11) is 0. The van der Waals surface area contributed by atoms with Crippen LogP contribution in [0.1, 0.15) is 18.4 Å². The molecule has 0 radical (unpaired) electrons. The largest absolute Gasteiger partial charge is 0.492 e. The number of ether oxygens (including phenoxy) is 1. The second kappa shape index (κ2) is 5.32. The van der Waals surface area contributed by atoms with E-state index in [1.165, 1.54) is 0 Å². The summed E-state index contributed by atoms with van der Waals surface area (Å²) >= 11 is 0. The van der Waals surface area contributed by atoms with E-state index in [0.29, 0.717) is 19.4 Å². The van der Waals surface area contributed by atoms with Crippen molar-refractivity contribution in [1.29, 1.82) is 0 Å². The van der Waals surface area contributed by atoms with Gasteiger partial charge in [0, 0.05) is 30.9 Å². The van der Waals surface area contributed by atoms with Crippen LogP contribution in [0.4, 0.5) is 5.69 Å². The summed E-state index contributed by atoms with van der Waals surface area (Å²) in [5, 5.41) is 9.03. The Morgan fingerprint density at radius 1 is 1.35 bits per heavy atom. The van der Waals surface area contributed by atoms with Crippen molar-refractivity contribution in [3.05, 3.63) is 23.8 Å². The number of piperidine rings is 1. The average molecular weight is 276 g/mol. The van der Waals surface area contributed by atoms with Gasteiger partial charge in [0.1, 0.15) is 12.4 Å². The summed E-state index contributed by atoms with van der Waals surface area (Å²) in [4.78, 5) is 13.2. The third-order valence-corrected chi connectivity index (χ3v) is 4.20. The number of carboxylic acid groups (broad SMARTS) is 1. The van der Waals surface area contributed by atoms with Gasteiger partial charge in [-0.25, -0.2) is 0 Å². The Kier molecular flexibility index (Phi) is 3.53. The lowest BCUT2D eigenvalue weighted by Gasteiger charge is -2.33. The maximum absolute atomic E-state index is 11.0. The molecule has 0 unspecified atom stereocenters. The first-order valence-corrected chi connectivity index (χ1v) is 7.12. The number of benzene rings is 1. The van der Waals surface area contributed by atoms with Gasteiger partial charge in [-0.3, -0.25) is 4.79 Å². The van der Waals surface area contributed by atoms with Crippen LogP contribution in [0.2, 0.25) is 0 Å². The van der Waals surface area contributed by atoms with Crippen molar-refractivity contribution in [3.8, 4) is 5.75 Å². The van der Waals surface area contributed by atoms with E-state index in [4.69, 9.17) is 15.6 Å². The average Bonchev–Trinajstić information content (AvgIpc) is 2.47. The highest BCUT2D eigenvalue weighted by Gasteiger charge is 2.25. The molecule has 0 amide bonds. The number of fused-ring (bicyclic) bond motifs is 1. The van der Waals surface area contributed by atoms with Crippen LogP contribution in [0, 0.1) is 5.92 Å². The van der Waals surface area contributed by atoms with Crippen molar-refractivity contribution < 1.29 is 14.6 Å². The first-order chi connectivity index (χ1) is 9.63. The molecule has 5 nitrogen and oxygen atoms in total. The number of hydrogen-bond donors (Lipinski definition) is 2. The fourth-order valence-electron chi connectivity index (χ4n) is 2.97. The monoisotopic (exact) mass is 276 g/mol. The molecule has 2 aliphatic rings. The molecule has 108 valence electrons. The minimum atomic E-state index is -0.674. The van der Waals surface area contributed by atoms with Gasteiger partial charge in [-0.2, -0.15) is 0 Å². The van der Waals surface area contributed by atoms with Crippen LogP contribution in [0.25, 0.3) is 0 Å². The van der Waals surface area contributed by atoms with Gasteiger partial charge in [0.05, 0.1) is 5.92 Å². The molecule has 20 heavy (non-hydrogen) atoms. The van der Waals surface area contributed by atoms with Crippen molar-refractivity contribution in [2.45, 2.75) is 25.3 Å². The zero-order valence-corrected chi connectivity index (χ0v) is 11.4. The zero-order chi connectivity index (χ0) is 14.1. The Morgan fingerprint density at radius 3 is 2.80 bits per heavy atom. The van der Waals surface area contributed by atoms with E-state index in [1.54, 1.807) is 0 Å². The predicted octanol–water partition coefficient (Wildman–Crippen LogP) is 1.25. The molecule has 5 heteroatoms. The topological polar surface area (TPSA) is 75.8 Å². The van der Waals surface area contributed by atoms with E-state index >= 15 is 0 Å². The molecule has 2 heterocycles. The fourth-order valence-corrected chi connectivity index (χ4v) is 2.97. The number of aliphatic carboxylic acids is 1. The molecular weight excluding hydrogens is 256 g/mol. The number of anilines is 1. The molecular formula is C15H20N2O3. The van der Waals surface area contributed by atoms with Gasteiger partial charge < -0.3 is 20.5 Å².